The number of esters is 1. The van der Waals surface area contributed by atoms with E-state index in [1.54, 1.807) is 0 Å². The van der Waals surface area contributed by atoms with E-state index >= 15 is 0 Å². The van der Waals surface area contributed by atoms with Crippen LogP contribution in [0.1, 0.15) is 15.9 Å². The van der Waals surface area contributed by atoms with Gasteiger partial charge in [0, 0.05) is 28.4 Å². The lowest BCUT2D eigenvalue weighted by Crippen LogP contribution is -2.31. The fraction of sp³-hybridized carbons (Fsp3) is 0.190. The minimum Gasteiger partial charge on any atom is -0.466 e. The second-order valence-electron chi connectivity index (χ2n) is 6.45. The first-order valence-corrected chi connectivity index (χ1v) is 9.32. The van der Waals surface area contributed by atoms with Crippen molar-refractivity contribution in [1.29, 1.82) is 0 Å². The number of rotatable bonds is 7. The molecule has 0 spiro atoms. The summed E-state index contributed by atoms with van der Waals surface area (Å²) in [6.45, 7) is -0.279. The standard InChI is InChI=1S/C21H18ClFN2O5/c1-30-21(29)16-11-25(8-9-26)20(28)18(16)24-17-7-4-13(22)10-15(17)19(27)12-2-5-14(23)6-3-12/h2-7,10,24,26H,8-9,11H2,1H3. The van der Waals surface area contributed by atoms with Gasteiger partial charge in [0.2, 0.25) is 0 Å². The van der Waals surface area contributed by atoms with Crippen molar-refractivity contribution in [3.05, 3.63) is 75.7 Å². The van der Waals surface area contributed by atoms with Gasteiger partial charge in [-0.05, 0) is 42.5 Å². The molecule has 0 bridgehead atoms. The van der Waals surface area contributed by atoms with E-state index in [1.165, 1.54) is 42.3 Å². The summed E-state index contributed by atoms with van der Waals surface area (Å²) < 4.78 is 18.0. The molecule has 1 amide bonds. The molecule has 1 aliphatic heterocycles. The zero-order chi connectivity index (χ0) is 21.8. The van der Waals surface area contributed by atoms with Crippen LogP contribution in [0.3, 0.4) is 0 Å². The molecular formula is C21H18ClFN2O5. The molecule has 0 aliphatic carbocycles. The van der Waals surface area contributed by atoms with Crippen molar-refractivity contribution in [1.82, 2.24) is 4.90 Å². The van der Waals surface area contributed by atoms with E-state index in [9.17, 15) is 18.8 Å². The first kappa shape index (κ1) is 21.5. The number of carbonyl (C=O) groups is 3. The number of methoxy groups -OCH3 is 1. The van der Waals surface area contributed by atoms with Crippen LogP contribution in [0.25, 0.3) is 0 Å². The molecule has 3 rings (SSSR count). The lowest BCUT2D eigenvalue weighted by molar-refractivity contribution is -0.136. The number of benzene rings is 2. The number of β-amino-alcohol motifs (C(OH)–C–C–N with tert-alkyl or cyclic N) is 1. The second-order valence-corrected chi connectivity index (χ2v) is 6.88. The van der Waals surface area contributed by atoms with Gasteiger partial charge in [0.05, 0.1) is 25.8 Å². The van der Waals surface area contributed by atoms with Crippen molar-refractivity contribution in [2.45, 2.75) is 0 Å². The van der Waals surface area contributed by atoms with Crippen LogP contribution < -0.4 is 5.32 Å². The molecule has 0 saturated heterocycles. The summed E-state index contributed by atoms with van der Waals surface area (Å²) in [6, 6.07) is 9.44. The minimum atomic E-state index is -0.702. The van der Waals surface area contributed by atoms with Crippen LogP contribution in [0.5, 0.6) is 0 Å². The first-order chi connectivity index (χ1) is 14.3. The molecular weight excluding hydrogens is 415 g/mol. The number of hydrogen-bond donors (Lipinski definition) is 2. The number of aliphatic hydroxyl groups excluding tert-OH is 1. The number of nitrogens with one attached hydrogen (secondary N) is 1. The Kier molecular flexibility index (Phi) is 6.49. The minimum absolute atomic E-state index is 0.0342. The van der Waals surface area contributed by atoms with Crippen molar-refractivity contribution < 1.29 is 28.6 Å². The number of hydrogen-bond acceptors (Lipinski definition) is 6. The number of ether oxygens (including phenoxy) is 1. The SMILES string of the molecule is COC(=O)C1=C(Nc2ccc(Cl)cc2C(=O)c2ccc(F)cc2)C(=O)N(CCO)C1. The summed E-state index contributed by atoms with van der Waals surface area (Å²) >= 11 is 6.06. The maximum absolute atomic E-state index is 13.2. The van der Waals surface area contributed by atoms with Crippen LogP contribution >= 0.6 is 11.6 Å². The summed E-state index contributed by atoms with van der Waals surface area (Å²) in [7, 11) is 1.19. The number of nitrogens with zero attached hydrogens (tertiary/aromatic N) is 1. The first-order valence-electron chi connectivity index (χ1n) is 8.94. The molecule has 0 fully saturated rings. The molecule has 1 heterocycles. The predicted octanol–water partition coefficient (Wildman–Crippen LogP) is 2.38. The quantitative estimate of drug-likeness (QED) is 0.515. The summed E-state index contributed by atoms with van der Waals surface area (Å²) in [5, 5.41) is 12.3. The van der Waals surface area contributed by atoms with E-state index in [0.717, 1.165) is 12.1 Å². The lowest BCUT2D eigenvalue weighted by Gasteiger charge is -2.16. The Morgan fingerprint density at radius 3 is 2.57 bits per heavy atom. The number of ketones is 1. The van der Waals surface area contributed by atoms with Crippen LogP contribution in [-0.2, 0) is 14.3 Å². The van der Waals surface area contributed by atoms with Crippen molar-refractivity contribution in [2.75, 3.05) is 32.1 Å². The normalized spacial score (nSPS) is 13.6. The third kappa shape index (κ3) is 4.34. The molecule has 0 unspecified atom stereocenters. The molecule has 0 aromatic heterocycles. The highest BCUT2D eigenvalue weighted by molar-refractivity contribution is 6.31. The van der Waals surface area contributed by atoms with Gasteiger partial charge in [-0.1, -0.05) is 11.6 Å². The molecule has 7 nitrogen and oxygen atoms in total. The lowest BCUT2D eigenvalue weighted by atomic mass is 10.0. The molecule has 2 aromatic carbocycles. The Bertz CT molecular complexity index is 1040. The molecule has 2 aromatic rings. The van der Waals surface area contributed by atoms with Crippen LogP contribution in [0, 0.1) is 5.82 Å². The molecule has 2 N–H and O–H groups in total. The Balaban J connectivity index is 2.01. The highest BCUT2D eigenvalue weighted by Gasteiger charge is 2.35. The number of halogens is 2. The molecule has 0 radical (unpaired) electrons. The summed E-state index contributed by atoms with van der Waals surface area (Å²) in [5.74, 6) is -2.14. The monoisotopic (exact) mass is 432 g/mol. The van der Waals surface area contributed by atoms with Gasteiger partial charge in [-0.15, -0.1) is 0 Å². The van der Waals surface area contributed by atoms with Crippen molar-refractivity contribution in [3.63, 3.8) is 0 Å². The molecule has 0 atom stereocenters. The molecule has 0 saturated carbocycles. The van der Waals surface area contributed by atoms with Gasteiger partial charge in [0.25, 0.3) is 5.91 Å². The maximum atomic E-state index is 13.2. The fourth-order valence-corrected chi connectivity index (χ4v) is 3.23. The maximum Gasteiger partial charge on any atom is 0.337 e. The van der Waals surface area contributed by atoms with Gasteiger partial charge < -0.3 is 20.1 Å². The van der Waals surface area contributed by atoms with E-state index < -0.39 is 23.5 Å². The molecule has 9 heteroatoms. The van der Waals surface area contributed by atoms with Gasteiger partial charge in [-0.2, -0.15) is 0 Å². The Hall–Kier alpha value is -3.23. The van der Waals surface area contributed by atoms with Crippen molar-refractivity contribution in [3.8, 4) is 0 Å². The van der Waals surface area contributed by atoms with E-state index in [-0.39, 0.29) is 52.8 Å². The highest BCUT2D eigenvalue weighted by atomic mass is 35.5. The van der Waals surface area contributed by atoms with Crippen LogP contribution in [0.2, 0.25) is 5.02 Å². The third-order valence-corrected chi connectivity index (χ3v) is 4.78. The van der Waals surface area contributed by atoms with Gasteiger partial charge in [-0.25, -0.2) is 9.18 Å². The second kappa shape index (κ2) is 9.06. The largest absolute Gasteiger partial charge is 0.466 e. The van der Waals surface area contributed by atoms with Crippen LogP contribution in [0.4, 0.5) is 10.1 Å². The number of aliphatic hydroxyl groups is 1. The van der Waals surface area contributed by atoms with E-state index in [0.29, 0.717) is 0 Å². The topological polar surface area (TPSA) is 95.9 Å². The average molecular weight is 433 g/mol. The van der Waals surface area contributed by atoms with Crippen molar-refractivity contribution >= 4 is 34.9 Å². The van der Waals surface area contributed by atoms with Gasteiger partial charge in [0.15, 0.2) is 5.78 Å². The van der Waals surface area contributed by atoms with Crippen molar-refractivity contribution in [2.24, 2.45) is 0 Å². The smallest absolute Gasteiger partial charge is 0.337 e. The fourth-order valence-electron chi connectivity index (χ4n) is 3.05. The average Bonchev–Trinajstić information content (AvgIpc) is 3.04. The highest BCUT2D eigenvalue weighted by Crippen LogP contribution is 2.28. The van der Waals surface area contributed by atoms with E-state index in [4.69, 9.17) is 21.4 Å². The van der Waals surface area contributed by atoms with E-state index in [2.05, 4.69) is 5.32 Å². The molecule has 156 valence electrons. The third-order valence-electron chi connectivity index (χ3n) is 4.55. The predicted molar refractivity (Wildman–Crippen MR) is 108 cm³/mol. The summed E-state index contributed by atoms with van der Waals surface area (Å²) in [4.78, 5) is 39.1. The summed E-state index contributed by atoms with van der Waals surface area (Å²) in [6.07, 6.45) is 0. The number of anilines is 1. The number of amides is 1. The van der Waals surface area contributed by atoms with Crippen LogP contribution in [-0.4, -0.2) is 54.5 Å². The Labute approximate surface area is 176 Å². The zero-order valence-electron chi connectivity index (χ0n) is 15.9. The molecule has 30 heavy (non-hydrogen) atoms. The Morgan fingerprint density at radius 2 is 1.93 bits per heavy atom. The van der Waals surface area contributed by atoms with Gasteiger partial charge >= 0.3 is 5.97 Å². The molecule has 1 aliphatic rings. The Morgan fingerprint density at radius 1 is 1.23 bits per heavy atom. The zero-order valence-corrected chi connectivity index (χ0v) is 16.7. The summed E-state index contributed by atoms with van der Waals surface area (Å²) in [5.41, 5.74) is 0.629. The van der Waals surface area contributed by atoms with Crippen LogP contribution in [0.15, 0.2) is 53.7 Å². The van der Waals surface area contributed by atoms with Gasteiger partial charge in [-0.3, -0.25) is 9.59 Å². The van der Waals surface area contributed by atoms with Gasteiger partial charge in [0.1, 0.15) is 11.5 Å². The number of carbonyl (C=O) groups excluding carboxylic acids is 3. The van der Waals surface area contributed by atoms with E-state index in [1.807, 2.05) is 0 Å².